The molecule has 0 aromatic rings. The Balaban J connectivity index is 1.84. The summed E-state index contributed by atoms with van der Waals surface area (Å²) in [5.41, 5.74) is 6.00. The molecule has 7 nitrogen and oxygen atoms in total. The molecule has 8 heteroatoms. The Morgan fingerprint density at radius 3 is 2.75 bits per heavy atom. The van der Waals surface area contributed by atoms with Gasteiger partial charge in [0.15, 0.2) is 5.96 Å². The molecule has 0 aromatic carbocycles. The fourth-order valence-corrected chi connectivity index (χ4v) is 3.52. The van der Waals surface area contributed by atoms with E-state index in [1.54, 1.807) is 0 Å². The molecule has 2 aliphatic rings. The second-order valence-electron chi connectivity index (χ2n) is 5.60. The van der Waals surface area contributed by atoms with Crippen molar-refractivity contribution >= 4 is 16.0 Å². The normalized spacial score (nSPS) is 29.9. The largest absolute Gasteiger partial charge is 0.375 e. The van der Waals surface area contributed by atoms with Gasteiger partial charge >= 0.3 is 0 Å². The van der Waals surface area contributed by atoms with Gasteiger partial charge in [-0.25, -0.2) is 12.7 Å². The molecule has 2 saturated heterocycles. The maximum atomic E-state index is 11.4. The van der Waals surface area contributed by atoms with E-state index in [9.17, 15) is 8.42 Å². The Morgan fingerprint density at radius 1 is 1.40 bits per heavy atom. The number of hydrogen-bond acceptors (Lipinski definition) is 4. The van der Waals surface area contributed by atoms with Gasteiger partial charge < -0.3 is 15.4 Å². The lowest BCUT2D eigenvalue weighted by Gasteiger charge is -2.32. The van der Waals surface area contributed by atoms with Crippen LogP contribution in [0.3, 0.4) is 0 Å². The van der Waals surface area contributed by atoms with Crippen LogP contribution in [-0.4, -0.2) is 75.3 Å². The van der Waals surface area contributed by atoms with E-state index >= 15 is 0 Å². The second-order valence-corrected chi connectivity index (χ2v) is 7.58. The van der Waals surface area contributed by atoms with E-state index in [2.05, 4.69) is 4.99 Å². The van der Waals surface area contributed by atoms with Crippen LogP contribution in [0.25, 0.3) is 0 Å². The smallest absolute Gasteiger partial charge is 0.211 e. The quantitative estimate of drug-likeness (QED) is 0.550. The van der Waals surface area contributed by atoms with Crippen molar-refractivity contribution in [3.05, 3.63) is 0 Å². The van der Waals surface area contributed by atoms with Crippen molar-refractivity contribution in [1.29, 1.82) is 0 Å². The summed E-state index contributed by atoms with van der Waals surface area (Å²) in [6.07, 6.45) is 2.27. The van der Waals surface area contributed by atoms with Gasteiger partial charge in [0.2, 0.25) is 10.0 Å². The van der Waals surface area contributed by atoms with Gasteiger partial charge in [0.25, 0.3) is 0 Å². The van der Waals surface area contributed by atoms with Gasteiger partial charge in [-0.3, -0.25) is 4.99 Å². The van der Waals surface area contributed by atoms with E-state index in [-0.39, 0.29) is 12.0 Å². The molecule has 0 bridgehead atoms. The number of morpholine rings is 1. The monoisotopic (exact) mass is 304 g/mol. The highest BCUT2D eigenvalue weighted by Crippen LogP contribution is 2.19. The maximum absolute atomic E-state index is 11.4. The standard InChI is InChI=1S/C12H24N4O3S/c1-10-8-15(5-6-19-10)12(13)14-7-11-3-4-16(9-11)20(2,17)18/h10-11H,3-9H2,1-2H3,(H2,13,14). The highest BCUT2D eigenvalue weighted by atomic mass is 32.2. The molecule has 116 valence electrons. The topological polar surface area (TPSA) is 88.2 Å². The fraction of sp³-hybridized carbons (Fsp3) is 0.917. The van der Waals surface area contributed by atoms with Crippen LogP contribution in [-0.2, 0) is 14.8 Å². The Bertz CT molecular complexity index is 465. The number of rotatable bonds is 3. The molecular weight excluding hydrogens is 280 g/mol. The lowest BCUT2D eigenvalue weighted by Crippen LogP contribution is -2.48. The van der Waals surface area contributed by atoms with Crippen LogP contribution in [0.1, 0.15) is 13.3 Å². The summed E-state index contributed by atoms with van der Waals surface area (Å²) in [6.45, 7) is 5.94. The molecule has 0 aliphatic carbocycles. The van der Waals surface area contributed by atoms with Crippen molar-refractivity contribution < 1.29 is 13.2 Å². The van der Waals surface area contributed by atoms with E-state index in [1.165, 1.54) is 10.6 Å². The van der Waals surface area contributed by atoms with Crippen molar-refractivity contribution in [2.75, 3.05) is 45.6 Å². The van der Waals surface area contributed by atoms with E-state index in [0.29, 0.717) is 32.2 Å². The van der Waals surface area contributed by atoms with Gasteiger partial charge in [-0.1, -0.05) is 0 Å². The number of nitrogens with zero attached hydrogens (tertiary/aromatic N) is 3. The molecule has 2 aliphatic heterocycles. The first-order chi connectivity index (χ1) is 9.36. The van der Waals surface area contributed by atoms with Crippen LogP contribution in [0, 0.1) is 5.92 Å². The molecule has 0 spiro atoms. The Hall–Kier alpha value is -0.860. The average Bonchev–Trinajstić information content (AvgIpc) is 2.84. The number of ether oxygens (including phenoxy) is 1. The molecular formula is C12H24N4O3S. The lowest BCUT2D eigenvalue weighted by molar-refractivity contribution is 0.00528. The van der Waals surface area contributed by atoms with Gasteiger partial charge in [0.1, 0.15) is 0 Å². The van der Waals surface area contributed by atoms with Crippen molar-refractivity contribution in [3.8, 4) is 0 Å². The number of aliphatic imine (C=N–C) groups is 1. The number of nitrogens with two attached hydrogens (primary N) is 1. The minimum Gasteiger partial charge on any atom is -0.375 e. The number of hydrogen-bond donors (Lipinski definition) is 1. The summed E-state index contributed by atoms with van der Waals surface area (Å²) in [7, 11) is -3.08. The summed E-state index contributed by atoms with van der Waals surface area (Å²) in [5.74, 6) is 0.805. The maximum Gasteiger partial charge on any atom is 0.211 e. The molecule has 0 saturated carbocycles. The van der Waals surface area contributed by atoms with E-state index in [0.717, 1.165) is 19.5 Å². The fourth-order valence-electron chi connectivity index (χ4n) is 2.60. The number of guanidine groups is 1. The van der Waals surface area contributed by atoms with Crippen LogP contribution < -0.4 is 5.73 Å². The zero-order valence-corrected chi connectivity index (χ0v) is 13.0. The van der Waals surface area contributed by atoms with Gasteiger partial charge in [-0.05, 0) is 19.3 Å². The predicted molar refractivity (Wildman–Crippen MR) is 78.0 cm³/mol. The molecule has 2 heterocycles. The molecule has 0 radical (unpaired) electrons. The first-order valence-corrected chi connectivity index (χ1v) is 8.82. The summed E-state index contributed by atoms with van der Waals surface area (Å²) in [4.78, 5) is 6.45. The molecule has 0 aromatic heterocycles. The van der Waals surface area contributed by atoms with E-state index < -0.39 is 10.0 Å². The summed E-state index contributed by atoms with van der Waals surface area (Å²) >= 11 is 0. The molecule has 2 rings (SSSR count). The molecule has 2 N–H and O–H groups in total. The first kappa shape index (κ1) is 15.5. The zero-order chi connectivity index (χ0) is 14.8. The Labute approximate surface area is 120 Å². The van der Waals surface area contributed by atoms with Crippen LogP contribution in [0.5, 0.6) is 0 Å². The van der Waals surface area contributed by atoms with Gasteiger partial charge in [-0.2, -0.15) is 0 Å². The van der Waals surface area contributed by atoms with Gasteiger partial charge in [-0.15, -0.1) is 0 Å². The van der Waals surface area contributed by atoms with Crippen molar-refractivity contribution in [2.24, 2.45) is 16.6 Å². The molecule has 20 heavy (non-hydrogen) atoms. The van der Waals surface area contributed by atoms with Crippen LogP contribution >= 0.6 is 0 Å². The molecule has 2 unspecified atom stereocenters. The summed E-state index contributed by atoms with van der Waals surface area (Å²) < 4.78 is 29.9. The highest BCUT2D eigenvalue weighted by molar-refractivity contribution is 7.88. The second kappa shape index (κ2) is 6.28. The third kappa shape index (κ3) is 4.07. The van der Waals surface area contributed by atoms with Gasteiger partial charge in [0, 0.05) is 32.7 Å². The lowest BCUT2D eigenvalue weighted by atomic mass is 10.1. The van der Waals surface area contributed by atoms with Crippen LogP contribution in [0.15, 0.2) is 4.99 Å². The number of sulfonamides is 1. The molecule has 2 fully saturated rings. The Morgan fingerprint density at radius 2 is 2.15 bits per heavy atom. The summed E-state index contributed by atoms with van der Waals surface area (Å²) in [5, 5.41) is 0. The Kier molecular flexibility index (Phi) is 4.87. The minimum absolute atomic E-state index is 0.171. The van der Waals surface area contributed by atoms with Crippen molar-refractivity contribution in [1.82, 2.24) is 9.21 Å². The van der Waals surface area contributed by atoms with Crippen molar-refractivity contribution in [3.63, 3.8) is 0 Å². The molecule has 0 amide bonds. The third-order valence-corrected chi connectivity index (χ3v) is 5.06. The third-order valence-electron chi connectivity index (χ3n) is 3.79. The predicted octanol–water partition coefficient (Wildman–Crippen LogP) is -0.697. The van der Waals surface area contributed by atoms with E-state index in [1.807, 2.05) is 11.8 Å². The van der Waals surface area contributed by atoms with Crippen molar-refractivity contribution in [2.45, 2.75) is 19.4 Å². The SMILES string of the molecule is CC1CN(C(N)=NCC2CCN(S(C)(=O)=O)C2)CCO1. The molecule has 2 atom stereocenters. The summed E-state index contributed by atoms with van der Waals surface area (Å²) in [6, 6.07) is 0. The van der Waals surface area contributed by atoms with Gasteiger partial charge in [0.05, 0.1) is 19.0 Å². The first-order valence-electron chi connectivity index (χ1n) is 6.98. The van der Waals surface area contributed by atoms with Crippen LogP contribution in [0.2, 0.25) is 0 Å². The zero-order valence-electron chi connectivity index (χ0n) is 12.2. The average molecular weight is 304 g/mol. The van der Waals surface area contributed by atoms with E-state index in [4.69, 9.17) is 10.5 Å². The van der Waals surface area contributed by atoms with Crippen LogP contribution in [0.4, 0.5) is 0 Å². The highest BCUT2D eigenvalue weighted by Gasteiger charge is 2.28. The minimum atomic E-state index is -3.08.